The van der Waals surface area contributed by atoms with E-state index >= 15 is 0 Å². The second-order valence-electron chi connectivity index (χ2n) is 4.19. The van der Waals surface area contributed by atoms with Crippen LogP contribution in [0, 0.1) is 0 Å². The topological polar surface area (TPSA) is 59.0 Å². The molecule has 0 aliphatic heterocycles. The highest BCUT2D eigenvalue weighted by atomic mass is 16.5. The molecule has 16 heavy (non-hydrogen) atoms. The van der Waals surface area contributed by atoms with E-state index in [1.807, 2.05) is 4.90 Å². The number of ether oxygens (including phenoxy) is 2. The third kappa shape index (κ3) is 4.92. The first-order chi connectivity index (χ1) is 7.46. The van der Waals surface area contributed by atoms with E-state index < -0.39 is 11.5 Å². The van der Waals surface area contributed by atoms with Gasteiger partial charge >= 0.3 is 5.97 Å². The van der Waals surface area contributed by atoms with Gasteiger partial charge in [-0.15, -0.1) is 0 Å². The van der Waals surface area contributed by atoms with Gasteiger partial charge in [-0.1, -0.05) is 0 Å². The molecule has 0 saturated heterocycles. The summed E-state index contributed by atoms with van der Waals surface area (Å²) in [6.45, 7) is 5.88. The summed E-state index contributed by atoms with van der Waals surface area (Å²) >= 11 is 0. The summed E-state index contributed by atoms with van der Waals surface area (Å²) in [6, 6.07) is 0. The molecular formula is C11H23NO4. The van der Waals surface area contributed by atoms with E-state index in [-0.39, 0.29) is 0 Å². The summed E-state index contributed by atoms with van der Waals surface area (Å²) in [4.78, 5) is 13.0. The summed E-state index contributed by atoms with van der Waals surface area (Å²) in [5.41, 5.74) is -0.869. The molecule has 0 aromatic rings. The van der Waals surface area contributed by atoms with Gasteiger partial charge < -0.3 is 14.6 Å². The lowest BCUT2D eigenvalue weighted by Crippen LogP contribution is -2.51. The fourth-order valence-corrected chi connectivity index (χ4v) is 1.41. The Labute approximate surface area is 97.3 Å². The van der Waals surface area contributed by atoms with Crippen LogP contribution in [0.4, 0.5) is 0 Å². The molecule has 5 heteroatoms. The molecule has 0 amide bonds. The van der Waals surface area contributed by atoms with Gasteiger partial charge in [0.15, 0.2) is 0 Å². The number of nitrogens with zero attached hydrogens (tertiary/aromatic N) is 1. The van der Waals surface area contributed by atoms with Crippen molar-refractivity contribution in [2.75, 3.05) is 40.5 Å². The van der Waals surface area contributed by atoms with Crippen molar-refractivity contribution in [1.82, 2.24) is 4.90 Å². The standard InChI is InChI=1S/C11H23NO4/c1-11(2,10(13)14)12(7-9-16-4)6-5-8-15-3/h5-9H2,1-4H3,(H,13,14). The van der Waals surface area contributed by atoms with E-state index in [1.165, 1.54) is 0 Å². The molecule has 0 bridgehead atoms. The predicted molar refractivity (Wildman–Crippen MR) is 61.7 cm³/mol. The molecule has 0 fully saturated rings. The molecular weight excluding hydrogens is 210 g/mol. The Morgan fingerprint density at radius 1 is 1.19 bits per heavy atom. The number of carboxylic acids is 1. The SMILES string of the molecule is COCCCN(CCOC)C(C)(C)C(=O)O. The predicted octanol–water partition coefficient (Wildman–Crippen LogP) is 0.835. The molecule has 5 nitrogen and oxygen atoms in total. The Hall–Kier alpha value is -0.650. The normalized spacial score (nSPS) is 12.1. The maximum atomic E-state index is 11.1. The number of aliphatic carboxylic acids is 1. The molecule has 0 aromatic carbocycles. The van der Waals surface area contributed by atoms with E-state index in [0.717, 1.165) is 6.42 Å². The molecule has 0 saturated carbocycles. The zero-order chi connectivity index (χ0) is 12.6. The first-order valence-electron chi connectivity index (χ1n) is 5.43. The van der Waals surface area contributed by atoms with Crippen LogP contribution in [0.5, 0.6) is 0 Å². The van der Waals surface area contributed by atoms with Gasteiger partial charge in [-0.2, -0.15) is 0 Å². The van der Waals surface area contributed by atoms with Gasteiger partial charge in [0, 0.05) is 33.9 Å². The minimum atomic E-state index is -0.869. The number of carbonyl (C=O) groups is 1. The van der Waals surface area contributed by atoms with Crippen molar-refractivity contribution in [3.63, 3.8) is 0 Å². The highest BCUT2D eigenvalue weighted by molar-refractivity contribution is 5.77. The first kappa shape index (κ1) is 15.3. The first-order valence-corrected chi connectivity index (χ1v) is 5.43. The molecule has 1 N–H and O–H groups in total. The molecule has 0 unspecified atom stereocenters. The average Bonchev–Trinajstić information content (AvgIpc) is 2.22. The van der Waals surface area contributed by atoms with Crippen LogP contribution in [0.25, 0.3) is 0 Å². The van der Waals surface area contributed by atoms with E-state index in [2.05, 4.69) is 0 Å². The molecule has 0 spiro atoms. The Balaban J connectivity index is 4.34. The fourth-order valence-electron chi connectivity index (χ4n) is 1.41. The highest BCUT2D eigenvalue weighted by Gasteiger charge is 2.33. The van der Waals surface area contributed by atoms with E-state index in [4.69, 9.17) is 14.6 Å². The van der Waals surface area contributed by atoms with Gasteiger partial charge in [0.05, 0.1) is 6.61 Å². The number of hydrogen-bond acceptors (Lipinski definition) is 4. The van der Waals surface area contributed by atoms with Crippen molar-refractivity contribution in [3.8, 4) is 0 Å². The lowest BCUT2D eigenvalue weighted by Gasteiger charge is -2.34. The summed E-state index contributed by atoms with van der Waals surface area (Å²) in [7, 11) is 3.25. The third-order valence-corrected chi connectivity index (χ3v) is 2.66. The second kappa shape index (κ2) is 7.60. The molecule has 0 radical (unpaired) electrons. The average molecular weight is 233 g/mol. The Morgan fingerprint density at radius 2 is 1.75 bits per heavy atom. The van der Waals surface area contributed by atoms with E-state index in [0.29, 0.717) is 26.3 Å². The van der Waals surface area contributed by atoms with Gasteiger partial charge in [-0.25, -0.2) is 0 Å². The van der Waals surface area contributed by atoms with Crippen molar-refractivity contribution in [1.29, 1.82) is 0 Å². The number of rotatable bonds is 9. The van der Waals surface area contributed by atoms with Crippen LogP contribution in [0.15, 0.2) is 0 Å². The summed E-state index contributed by atoms with van der Waals surface area (Å²) in [5, 5.41) is 9.15. The Bertz CT molecular complexity index is 206. The highest BCUT2D eigenvalue weighted by Crippen LogP contribution is 2.14. The molecule has 0 atom stereocenters. The van der Waals surface area contributed by atoms with Crippen LogP contribution >= 0.6 is 0 Å². The monoisotopic (exact) mass is 233 g/mol. The third-order valence-electron chi connectivity index (χ3n) is 2.66. The zero-order valence-electron chi connectivity index (χ0n) is 10.7. The van der Waals surface area contributed by atoms with Crippen LogP contribution in [-0.2, 0) is 14.3 Å². The molecule has 96 valence electrons. The molecule has 0 aromatic heterocycles. The maximum absolute atomic E-state index is 11.1. The van der Waals surface area contributed by atoms with Gasteiger partial charge in [0.2, 0.25) is 0 Å². The maximum Gasteiger partial charge on any atom is 0.323 e. The smallest absolute Gasteiger partial charge is 0.323 e. The van der Waals surface area contributed by atoms with Gasteiger partial charge in [0.1, 0.15) is 5.54 Å². The van der Waals surface area contributed by atoms with Crippen molar-refractivity contribution >= 4 is 5.97 Å². The number of hydrogen-bond donors (Lipinski definition) is 1. The quantitative estimate of drug-likeness (QED) is 0.598. The fraction of sp³-hybridized carbons (Fsp3) is 0.909. The lowest BCUT2D eigenvalue weighted by molar-refractivity contribution is -0.149. The van der Waals surface area contributed by atoms with Gasteiger partial charge in [0.25, 0.3) is 0 Å². The summed E-state index contributed by atoms with van der Waals surface area (Å²) < 4.78 is 9.95. The van der Waals surface area contributed by atoms with Crippen molar-refractivity contribution in [2.24, 2.45) is 0 Å². The molecule has 0 aliphatic carbocycles. The van der Waals surface area contributed by atoms with Crippen LogP contribution in [0.3, 0.4) is 0 Å². The van der Waals surface area contributed by atoms with Crippen LogP contribution in [0.2, 0.25) is 0 Å². The largest absolute Gasteiger partial charge is 0.480 e. The van der Waals surface area contributed by atoms with Gasteiger partial charge in [-0.3, -0.25) is 9.69 Å². The second-order valence-corrected chi connectivity index (χ2v) is 4.19. The summed E-state index contributed by atoms with van der Waals surface area (Å²) in [5.74, 6) is -0.819. The van der Waals surface area contributed by atoms with E-state index in [1.54, 1.807) is 28.1 Å². The van der Waals surface area contributed by atoms with E-state index in [9.17, 15) is 4.79 Å². The van der Waals surface area contributed by atoms with Crippen molar-refractivity contribution in [3.05, 3.63) is 0 Å². The Morgan fingerprint density at radius 3 is 2.19 bits per heavy atom. The Kier molecular flexibility index (Phi) is 7.29. The lowest BCUT2D eigenvalue weighted by atomic mass is 10.0. The molecule has 0 aliphatic rings. The minimum absolute atomic E-state index is 0.531. The number of carboxylic acid groups (broad SMARTS) is 1. The van der Waals surface area contributed by atoms with Crippen LogP contribution < -0.4 is 0 Å². The number of methoxy groups -OCH3 is 2. The van der Waals surface area contributed by atoms with Gasteiger partial charge in [-0.05, 0) is 20.3 Å². The minimum Gasteiger partial charge on any atom is -0.480 e. The van der Waals surface area contributed by atoms with Crippen molar-refractivity contribution < 1.29 is 19.4 Å². The molecule has 0 rings (SSSR count). The summed E-state index contributed by atoms with van der Waals surface area (Å²) in [6.07, 6.45) is 0.816. The van der Waals surface area contributed by atoms with Crippen LogP contribution in [-0.4, -0.2) is 62.0 Å². The van der Waals surface area contributed by atoms with Crippen molar-refractivity contribution in [2.45, 2.75) is 25.8 Å². The molecule has 0 heterocycles. The van der Waals surface area contributed by atoms with Crippen LogP contribution in [0.1, 0.15) is 20.3 Å². The zero-order valence-corrected chi connectivity index (χ0v) is 10.7.